The Labute approximate surface area is 527 Å². The summed E-state index contributed by atoms with van der Waals surface area (Å²) in [5, 5.41) is 59.9. The monoisotopic (exact) mass is 1250 g/mol. The lowest BCUT2D eigenvalue weighted by Gasteiger charge is -2.28. The van der Waals surface area contributed by atoms with Crippen LogP contribution in [0, 0.1) is 27.7 Å². The summed E-state index contributed by atoms with van der Waals surface area (Å²) in [4.78, 5) is 88.8. The summed E-state index contributed by atoms with van der Waals surface area (Å²) in [6.07, 6.45) is 3.00. The van der Waals surface area contributed by atoms with Crippen molar-refractivity contribution in [3.8, 4) is 23.0 Å². The Morgan fingerprint density at radius 1 is 0.461 bits per heavy atom. The molecule has 2 saturated heterocycles. The molecule has 18 nitrogen and oxygen atoms in total. The van der Waals surface area contributed by atoms with Crippen molar-refractivity contribution in [1.29, 1.82) is 0 Å². The van der Waals surface area contributed by atoms with Gasteiger partial charge in [0.2, 0.25) is 23.6 Å². The van der Waals surface area contributed by atoms with Gasteiger partial charge in [-0.15, -0.1) is 0 Å². The molecule has 3 heterocycles. The van der Waals surface area contributed by atoms with E-state index in [2.05, 4.69) is 21.3 Å². The molecule has 3 aliphatic heterocycles. The van der Waals surface area contributed by atoms with E-state index in [1.54, 1.807) is 0 Å². The Morgan fingerprint density at radius 2 is 0.764 bits per heavy atom. The molecule has 9 rings (SSSR count). The molecule has 470 valence electrons. The Kier molecular flexibility index (Phi) is 22.0. The van der Waals surface area contributed by atoms with Crippen LogP contribution in [0.1, 0.15) is 104 Å². The number of esters is 2. The molecule has 0 radical (unpaired) electrons. The van der Waals surface area contributed by atoms with Gasteiger partial charge in [0.05, 0.1) is 26.3 Å². The van der Waals surface area contributed by atoms with Crippen LogP contribution in [0.5, 0.6) is 23.0 Å². The number of carbonyl (C=O) groups is 6. The van der Waals surface area contributed by atoms with Crippen LogP contribution in [-0.4, -0.2) is 141 Å². The molecular formula is C69H80N6O12S2. The van der Waals surface area contributed by atoms with E-state index in [9.17, 15) is 49.2 Å². The van der Waals surface area contributed by atoms with Crippen LogP contribution in [-0.2, 0) is 83.4 Å². The number of nitrogens with one attached hydrogen (secondary N) is 4. The fourth-order valence-corrected chi connectivity index (χ4v) is 14.8. The number of methoxy groups -OCH3 is 2. The van der Waals surface area contributed by atoms with Gasteiger partial charge >= 0.3 is 11.9 Å². The van der Waals surface area contributed by atoms with Gasteiger partial charge in [-0.3, -0.25) is 29.0 Å². The number of hydrogen-bond acceptors (Lipinski definition) is 16. The van der Waals surface area contributed by atoms with Crippen LogP contribution in [0.15, 0.2) is 109 Å². The smallest absolute Gasteiger partial charge is 0.329 e. The van der Waals surface area contributed by atoms with Gasteiger partial charge in [-0.2, -0.15) is 0 Å². The summed E-state index contributed by atoms with van der Waals surface area (Å²) < 4.78 is 10.3. The van der Waals surface area contributed by atoms with Crippen LogP contribution in [0.25, 0.3) is 0 Å². The first-order valence-electron chi connectivity index (χ1n) is 30.2. The summed E-state index contributed by atoms with van der Waals surface area (Å²) >= 11 is 0. The summed E-state index contributed by atoms with van der Waals surface area (Å²) in [7, 11) is 4.68. The molecule has 6 aromatic carbocycles. The average molecular weight is 1250 g/mol. The highest BCUT2D eigenvalue weighted by atomic mass is 33.1. The maximum Gasteiger partial charge on any atom is 0.329 e. The molecule has 2 fully saturated rings. The second-order valence-electron chi connectivity index (χ2n) is 23.8. The first kappa shape index (κ1) is 65.4. The van der Waals surface area contributed by atoms with Gasteiger partial charge in [-0.1, -0.05) is 153 Å². The molecule has 0 saturated carbocycles. The first-order valence-corrected chi connectivity index (χ1v) is 32.7. The van der Waals surface area contributed by atoms with Gasteiger partial charge in [0.1, 0.15) is 47.2 Å². The van der Waals surface area contributed by atoms with Crippen molar-refractivity contribution >= 4 is 57.2 Å². The molecule has 0 aromatic heterocycles. The first-order chi connectivity index (χ1) is 42.7. The van der Waals surface area contributed by atoms with Crippen LogP contribution in [0.4, 0.5) is 0 Å². The van der Waals surface area contributed by atoms with E-state index in [0.29, 0.717) is 83.3 Å². The number of aryl methyl sites for hydroxylation is 4. The van der Waals surface area contributed by atoms with Crippen LogP contribution < -0.4 is 21.3 Å². The Balaban J connectivity index is 1.05. The topological polar surface area (TPSA) is 256 Å². The number of aromatic hydroxyl groups is 4. The van der Waals surface area contributed by atoms with Crippen molar-refractivity contribution in [2.45, 2.75) is 135 Å². The van der Waals surface area contributed by atoms with Gasteiger partial charge in [0.25, 0.3) is 0 Å². The fraction of sp³-hybridized carbons (Fsp3) is 0.391. The summed E-state index contributed by atoms with van der Waals surface area (Å²) in [5.74, 6) is -3.54. The van der Waals surface area contributed by atoms with Crippen molar-refractivity contribution < 1.29 is 58.7 Å². The number of hydrogen-bond donors (Lipinski definition) is 8. The predicted octanol–water partition coefficient (Wildman–Crippen LogP) is 7.61. The third-order valence-electron chi connectivity index (χ3n) is 16.9. The third kappa shape index (κ3) is 16.6. The number of benzene rings is 6. The number of phenols is 4. The number of rotatable bonds is 6. The van der Waals surface area contributed by atoms with E-state index in [4.69, 9.17) is 9.47 Å². The summed E-state index contributed by atoms with van der Waals surface area (Å²) in [6.45, 7) is 9.18. The summed E-state index contributed by atoms with van der Waals surface area (Å²) in [6, 6.07) is 27.3. The standard InChI is InChI=1S/C69H80N6O12S2/c1-40-23-46-33-47-24-41(2)26-49(61(47)77)35-51-28-43(4)30-53(63(51)79)37-75-22-14-20-59(75)67(83)71-55(32-45-17-11-8-12-18-45)65(81)73-57(69(85)87-6)39-89-88-38-56(68(84)86-5)72-64(80)54(31-44-15-9-7-10-16-44)70-66(82)58-19-13-21-74(58)36-52-29-42(3)27-50(62(52)78)34-48(25-40)60(46)76/h7-12,15-18,23-30,54-59,76-79H,13-14,19-22,31-39H2,1-6H3,(H,70,82)(H,71,83)(H,72,80)(H,73,81)/t54-,55-,56-,57+,58-,59-/m0/s1. The van der Waals surface area contributed by atoms with E-state index >= 15 is 0 Å². The largest absolute Gasteiger partial charge is 0.507 e. The maximum absolute atomic E-state index is 14.5. The number of ether oxygens (including phenoxy) is 2. The fourth-order valence-electron chi connectivity index (χ4n) is 12.5. The number of fused-ring (bicyclic) bond motifs is 10. The summed E-state index contributed by atoms with van der Waals surface area (Å²) in [5.41, 5.74) is 9.58. The minimum Gasteiger partial charge on any atom is -0.507 e. The molecule has 20 heteroatoms. The van der Waals surface area contributed by atoms with Crippen molar-refractivity contribution in [1.82, 2.24) is 31.1 Å². The van der Waals surface area contributed by atoms with Gasteiger partial charge < -0.3 is 51.2 Å². The highest BCUT2D eigenvalue weighted by Gasteiger charge is 2.38. The van der Waals surface area contributed by atoms with Crippen molar-refractivity contribution in [3.63, 3.8) is 0 Å². The van der Waals surface area contributed by atoms with Gasteiger partial charge in [-0.25, -0.2) is 9.59 Å². The molecular weight excluding hydrogens is 1170 g/mol. The van der Waals surface area contributed by atoms with E-state index in [-0.39, 0.29) is 79.7 Å². The average Bonchev–Trinajstić information content (AvgIpc) is 2.78. The second kappa shape index (κ2) is 30.0. The lowest BCUT2D eigenvalue weighted by molar-refractivity contribution is -0.145. The molecule has 3 aliphatic rings. The normalized spacial score (nSPS) is 21.4. The predicted molar refractivity (Wildman–Crippen MR) is 344 cm³/mol. The molecule has 4 amide bonds. The Bertz CT molecular complexity index is 3340. The van der Waals surface area contributed by atoms with Crippen LogP contribution in [0.2, 0.25) is 0 Å². The molecule has 6 atom stereocenters. The van der Waals surface area contributed by atoms with Crippen molar-refractivity contribution in [2.75, 3.05) is 38.8 Å². The number of nitrogens with zero attached hydrogens (tertiary/aromatic N) is 2. The molecule has 0 unspecified atom stereocenters. The maximum atomic E-state index is 14.5. The van der Waals surface area contributed by atoms with Gasteiger partial charge in [-0.05, 0) is 111 Å². The molecule has 8 N–H and O–H groups in total. The molecule has 8 bridgehead atoms. The lowest BCUT2D eigenvalue weighted by atomic mass is 9.91. The van der Waals surface area contributed by atoms with E-state index in [1.165, 1.54) is 14.2 Å². The SMILES string of the molecule is COC(=O)[C@@H]1CSSC[C@H](C(=O)OC)NC(=O)[C@H](Cc2ccccc2)NC(=O)[C@@H]2CCCN2Cc2cc(C)cc(c2O)Cc2cc(C)cc(c2O)Cc2cc(C)cc(c2O)Cc2cc(C)cc(c2O)CN2CCC[C@H]2C(=O)N[C@@H](Cc2ccccc2)C(=O)N1. The Morgan fingerprint density at radius 3 is 1.08 bits per heavy atom. The van der Waals surface area contributed by atoms with Crippen LogP contribution >= 0.6 is 21.6 Å². The zero-order valence-corrected chi connectivity index (χ0v) is 52.9. The highest BCUT2D eigenvalue weighted by Crippen LogP contribution is 2.38. The van der Waals surface area contributed by atoms with Crippen molar-refractivity contribution in [2.24, 2.45) is 0 Å². The second-order valence-corrected chi connectivity index (χ2v) is 26.3. The number of amides is 4. The van der Waals surface area contributed by atoms with Crippen molar-refractivity contribution in [3.05, 3.63) is 187 Å². The number of carbonyl (C=O) groups excluding carboxylic acids is 6. The number of phenolic OH excluding ortho intramolecular Hbond substituents is 4. The Hall–Kier alpha value is -8.04. The minimum atomic E-state index is -1.20. The van der Waals surface area contributed by atoms with Gasteiger partial charge in [0.15, 0.2) is 0 Å². The molecule has 0 aliphatic carbocycles. The van der Waals surface area contributed by atoms with Gasteiger partial charge in [0, 0.05) is 67.8 Å². The third-order valence-corrected chi connectivity index (χ3v) is 19.3. The zero-order chi connectivity index (χ0) is 63.5. The van der Waals surface area contributed by atoms with E-state index in [0.717, 1.165) is 55.0 Å². The molecule has 6 aromatic rings. The lowest BCUT2D eigenvalue weighted by Crippen LogP contribution is -2.56. The van der Waals surface area contributed by atoms with E-state index in [1.807, 2.05) is 147 Å². The minimum absolute atomic E-state index is 0.0252. The van der Waals surface area contributed by atoms with Crippen LogP contribution in [0.3, 0.4) is 0 Å². The van der Waals surface area contributed by atoms with E-state index < -0.39 is 71.8 Å². The highest BCUT2D eigenvalue weighted by molar-refractivity contribution is 8.76. The quantitative estimate of drug-likeness (QED) is 0.0590. The zero-order valence-electron chi connectivity index (χ0n) is 51.2. The molecule has 0 spiro atoms. The molecule has 89 heavy (non-hydrogen) atoms.